The maximum absolute atomic E-state index is 12.7. The van der Waals surface area contributed by atoms with Crippen molar-refractivity contribution in [2.24, 2.45) is 0 Å². The first-order valence-electron chi connectivity index (χ1n) is 25.0. The van der Waals surface area contributed by atoms with Gasteiger partial charge in [0.05, 0.1) is 27.7 Å². The van der Waals surface area contributed by atoms with Crippen LogP contribution in [0.15, 0.2) is 60.8 Å². The molecule has 0 fully saturated rings. The van der Waals surface area contributed by atoms with E-state index in [4.69, 9.17) is 18.5 Å². The van der Waals surface area contributed by atoms with Crippen LogP contribution in [0, 0.1) is 0 Å². The van der Waals surface area contributed by atoms with Crippen molar-refractivity contribution in [2.45, 2.75) is 213 Å². The van der Waals surface area contributed by atoms with Gasteiger partial charge in [0.2, 0.25) is 0 Å². The number of allylic oxidation sites excluding steroid dienone is 10. The summed E-state index contributed by atoms with van der Waals surface area (Å²) in [4.78, 5) is 35.5. The number of carbonyl (C=O) groups is 2. The predicted molar refractivity (Wildman–Crippen MR) is 261 cm³/mol. The van der Waals surface area contributed by atoms with Gasteiger partial charge in [-0.25, -0.2) is 4.57 Å². The van der Waals surface area contributed by atoms with Gasteiger partial charge in [0, 0.05) is 12.8 Å². The number of likely N-dealkylation sites (N-methyl/N-ethyl adjacent to an activating group) is 1. The number of nitrogens with zero attached hydrogens (tertiary/aromatic N) is 1. The van der Waals surface area contributed by atoms with E-state index in [2.05, 4.69) is 74.6 Å². The molecule has 0 heterocycles. The van der Waals surface area contributed by atoms with E-state index in [9.17, 15) is 19.0 Å². The zero-order valence-electron chi connectivity index (χ0n) is 40.6. The number of phosphoric acid groups is 1. The molecule has 0 bridgehead atoms. The van der Waals surface area contributed by atoms with Gasteiger partial charge >= 0.3 is 19.8 Å². The number of phosphoric ester groups is 1. The van der Waals surface area contributed by atoms with Crippen LogP contribution in [0.1, 0.15) is 206 Å². The van der Waals surface area contributed by atoms with Crippen LogP contribution in [-0.2, 0) is 32.7 Å². The van der Waals surface area contributed by atoms with Gasteiger partial charge in [-0.15, -0.1) is 0 Å². The molecule has 62 heavy (non-hydrogen) atoms. The normalized spacial score (nSPS) is 14.0. The minimum atomic E-state index is -4.39. The first-order chi connectivity index (χ1) is 30.0. The maximum Gasteiger partial charge on any atom is 0.472 e. The fourth-order valence-electron chi connectivity index (χ4n) is 6.58. The lowest BCUT2D eigenvalue weighted by Crippen LogP contribution is -2.37. The Balaban J connectivity index is 4.35. The zero-order chi connectivity index (χ0) is 45.7. The minimum absolute atomic E-state index is 0.0239. The van der Waals surface area contributed by atoms with Gasteiger partial charge in [-0.3, -0.25) is 18.6 Å². The van der Waals surface area contributed by atoms with Gasteiger partial charge < -0.3 is 18.9 Å². The highest BCUT2D eigenvalue weighted by molar-refractivity contribution is 7.47. The molecular formula is C52H95NO8P+. The summed E-state index contributed by atoms with van der Waals surface area (Å²) in [5, 5.41) is 0. The van der Waals surface area contributed by atoms with Gasteiger partial charge in [-0.05, 0) is 83.5 Å². The number of hydrogen-bond acceptors (Lipinski definition) is 7. The molecule has 360 valence electrons. The van der Waals surface area contributed by atoms with Gasteiger partial charge in [-0.2, -0.15) is 0 Å². The molecular weight excluding hydrogens is 798 g/mol. The molecule has 0 saturated heterocycles. The Morgan fingerprint density at radius 1 is 0.500 bits per heavy atom. The van der Waals surface area contributed by atoms with E-state index in [1.807, 2.05) is 21.1 Å². The monoisotopic (exact) mass is 893 g/mol. The number of unbranched alkanes of at least 4 members (excludes halogenated alkanes) is 21. The molecule has 0 aliphatic rings. The van der Waals surface area contributed by atoms with Crippen LogP contribution in [0.4, 0.5) is 0 Å². The predicted octanol–water partition coefficient (Wildman–Crippen LogP) is 14.8. The molecule has 0 aromatic carbocycles. The van der Waals surface area contributed by atoms with Crippen molar-refractivity contribution in [3.63, 3.8) is 0 Å². The Hall–Kier alpha value is -2.29. The lowest BCUT2D eigenvalue weighted by Gasteiger charge is -2.24. The highest BCUT2D eigenvalue weighted by atomic mass is 31.2. The smallest absolute Gasteiger partial charge is 0.462 e. The first kappa shape index (κ1) is 59.7. The van der Waals surface area contributed by atoms with Crippen molar-refractivity contribution >= 4 is 19.8 Å². The van der Waals surface area contributed by atoms with E-state index in [1.165, 1.54) is 109 Å². The molecule has 0 spiro atoms. The summed E-state index contributed by atoms with van der Waals surface area (Å²) < 4.78 is 34.4. The zero-order valence-corrected chi connectivity index (χ0v) is 41.5. The SMILES string of the molecule is CCCCC/C=C/C/C=C/C/C=C/C/C=C/CCCCCC(=O)OC[C@H](COP(=O)(O)OCC[N+](C)(C)C)OC(=O)CCCCCCCCCCC/C=C/CCCCCCCC. The van der Waals surface area contributed by atoms with Crippen LogP contribution in [0.3, 0.4) is 0 Å². The molecule has 10 heteroatoms. The number of rotatable bonds is 45. The summed E-state index contributed by atoms with van der Waals surface area (Å²) in [7, 11) is 1.45. The second-order valence-electron chi connectivity index (χ2n) is 17.8. The van der Waals surface area contributed by atoms with Gasteiger partial charge in [0.15, 0.2) is 6.10 Å². The third-order valence-corrected chi connectivity index (χ3v) is 11.5. The van der Waals surface area contributed by atoms with E-state index in [0.717, 1.165) is 57.8 Å². The maximum atomic E-state index is 12.7. The number of quaternary nitrogens is 1. The van der Waals surface area contributed by atoms with Crippen LogP contribution in [0.25, 0.3) is 0 Å². The van der Waals surface area contributed by atoms with Crippen molar-refractivity contribution in [3.05, 3.63) is 60.8 Å². The highest BCUT2D eigenvalue weighted by Crippen LogP contribution is 2.43. The number of hydrogen-bond donors (Lipinski definition) is 1. The lowest BCUT2D eigenvalue weighted by molar-refractivity contribution is -0.870. The number of esters is 2. The molecule has 0 saturated carbocycles. The standard InChI is InChI=1S/C52H94NO8P/c1-6-8-10-12-14-16-18-20-22-24-26-28-30-32-34-36-38-40-42-44-51(54)58-48-50(49-60-62(56,57)59-47-46-53(3,4)5)61-52(55)45-43-41-39-37-35-33-31-29-27-25-23-21-19-17-15-13-11-9-7-2/h14,16,20-23,26,28,32,34,50H,6-13,15,17-19,24-25,27,29-31,33,35-49H2,1-5H3/p+1/b16-14+,22-20+,23-21+,28-26+,34-32+/t50-/m1/s1. The quantitative estimate of drug-likeness (QED) is 0.0212. The summed E-state index contributed by atoms with van der Waals surface area (Å²) in [5.74, 6) is -0.836. The van der Waals surface area contributed by atoms with E-state index in [-0.39, 0.29) is 26.1 Å². The molecule has 0 aliphatic heterocycles. The molecule has 0 radical (unpaired) electrons. The second kappa shape index (κ2) is 43.9. The molecule has 1 unspecified atom stereocenters. The summed E-state index contributed by atoms with van der Waals surface area (Å²) in [5.41, 5.74) is 0. The van der Waals surface area contributed by atoms with Crippen LogP contribution >= 0.6 is 7.82 Å². The average molecular weight is 893 g/mol. The van der Waals surface area contributed by atoms with Crippen molar-refractivity contribution in [2.75, 3.05) is 47.5 Å². The molecule has 2 atom stereocenters. The van der Waals surface area contributed by atoms with E-state index < -0.39 is 32.5 Å². The highest BCUT2D eigenvalue weighted by Gasteiger charge is 2.27. The van der Waals surface area contributed by atoms with E-state index >= 15 is 0 Å². The van der Waals surface area contributed by atoms with Gasteiger partial charge in [-0.1, -0.05) is 171 Å². The Kier molecular flexibility index (Phi) is 42.3. The Bertz CT molecular complexity index is 1240. The third-order valence-electron chi connectivity index (χ3n) is 10.5. The van der Waals surface area contributed by atoms with Crippen molar-refractivity contribution in [1.82, 2.24) is 0 Å². The summed E-state index contributed by atoms with van der Waals surface area (Å²) in [6.07, 6.45) is 54.1. The second-order valence-corrected chi connectivity index (χ2v) is 19.3. The largest absolute Gasteiger partial charge is 0.472 e. The Morgan fingerprint density at radius 2 is 0.871 bits per heavy atom. The fraction of sp³-hybridized carbons (Fsp3) is 0.769. The molecule has 9 nitrogen and oxygen atoms in total. The molecule has 0 rings (SSSR count). The third kappa shape index (κ3) is 47.2. The van der Waals surface area contributed by atoms with Crippen LogP contribution in [0.5, 0.6) is 0 Å². The molecule has 0 aromatic heterocycles. The first-order valence-corrected chi connectivity index (χ1v) is 26.5. The molecule has 0 amide bonds. The van der Waals surface area contributed by atoms with Crippen molar-refractivity contribution < 1.29 is 42.1 Å². The number of carbonyl (C=O) groups excluding carboxylic acids is 2. The molecule has 1 N–H and O–H groups in total. The molecule has 0 aromatic rings. The minimum Gasteiger partial charge on any atom is -0.462 e. The summed E-state index contributed by atoms with van der Waals surface area (Å²) >= 11 is 0. The van der Waals surface area contributed by atoms with Crippen LogP contribution in [-0.4, -0.2) is 74.9 Å². The fourth-order valence-corrected chi connectivity index (χ4v) is 7.32. The van der Waals surface area contributed by atoms with E-state index in [0.29, 0.717) is 23.9 Å². The lowest BCUT2D eigenvalue weighted by atomic mass is 10.1. The average Bonchev–Trinajstić information content (AvgIpc) is 3.23. The van der Waals surface area contributed by atoms with Crippen molar-refractivity contribution in [3.8, 4) is 0 Å². The number of ether oxygens (including phenoxy) is 2. The van der Waals surface area contributed by atoms with E-state index in [1.54, 1.807) is 0 Å². The topological polar surface area (TPSA) is 108 Å². The molecule has 0 aliphatic carbocycles. The van der Waals surface area contributed by atoms with Gasteiger partial charge in [0.25, 0.3) is 0 Å². The Labute approximate surface area is 381 Å². The summed E-state index contributed by atoms with van der Waals surface area (Å²) in [6, 6.07) is 0. The summed E-state index contributed by atoms with van der Waals surface area (Å²) in [6.45, 7) is 4.36. The van der Waals surface area contributed by atoms with Crippen molar-refractivity contribution in [1.29, 1.82) is 0 Å². The van der Waals surface area contributed by atoms with Crippen LogP contribution in [0.2, 0.25) is 0 Å². The van der Waals surface area contributed by atoms with Gasteiger partial charge in [0.1, 0.15) is 19.8 Å². The Morgan fingerprint density at radius 3 is 1.35 bits per heavy atom. The van der Waals surface area contributed by atoms with Crippen LogP contribution < -0.4 is 0 Å².